The maximum Gasteiger partial charge on any atom is 0.417 e. The largest absolute Gasteiger partial charge is 0.417 e. The maximum absolute atomic E-state index is 13.0. The molecule has 0 fully saturated rings. The summed E-state index contributed by atoms with van der Waals surface area (Å²) in [6, 6.07) is 10.6. The number of aromatic nitrogens is 3. The highest BCUT2D eigenvalue weighted by molar-refractivity contribution is 6.29. The molecule has 2 heterocycles. The number of rotatable bonds is 3. The van der Waals surface area contributed by atoms with Crippen molar-refractivity contribution in [3.05, 3.63) is 70.5 Å². The van der Waals surface area contributed by atoms with Crippen molar-refractivity contribution >= 4 is 23.3 Å². The molecule has 136 valence electrons. The van der Waals surface area contributed by atoms with Crippen LogP contribution in [0.1, 0.15) is 21.5 Å². The molecule has 3 aromatic rings. The first-order valence-corrected chi connectivity index (χ1v) is 7.77. The van der Waals surface area contributed by atoms with Crippen molar-refractivity contribution in [1.82, 2.24) is 14.8 Å². The SMILES string of the molecule is N#Cc1ccc(Cl)nc1-n1ccc(NC(=O)c2ccccc2C(F)(F)F)n1. The second-order valence-corrected chi connectivity index (χ2v) is 5.65. The Morgan fingerprint density at radius 3 is 2.63 bits per heavy atom. The van der Waals surface area contributed by atoms with E-state index in [1.54, 1.807) is 0 Å². The van der Waals surface area contributed by atoms with Gasteiger partial charge in [-0.05, 0) is 24.3 Å². The molecule has 6 nitrogen and oxygen atoms in total. The van der Waals surface area contributed by atoms with Crippen LogP contribution in [0.5, 0.6) is 0 Å². The fourth-order valence-corrected chi connectivity index (χ4v) is 2.45. The van der Waals surface area contributed by atoms with Crippen molar-refractivity contribution in [2.75, 3.05) is 5.32 Å². The number of anilines is 1. The molecule has 0 atom stereocenters. The molecular formula is C17H9ClF3N5O. The van der Waals surface area contributed by atoms with E-state index in [0.29, 0.717) is 0 Å². The van der Waals surface area contributed by atoms with Gasteiger partial charge < -0.3 is 5.32 Å². The highest BCUT2D eigenvalue weighted by Crippen LogP contribution is 2.32. The minimum absolute atomic E-state index is 0.0114. The topological polar surface area (TPSA) is 83.6 Å². The van der Waals surface area contributed by atoms with Crippen LogP contribution in [0, 0.1) is 11.3 Å². The van der Waals surface area contributed by atoms with E-state index in [-0.39, 0.29) is 22.4 Å². The molecule has 1 amide bonds. The Bertz CT molecular complexity index is 1060. The van der Waals surface area contributed by atoms with Gasteiger partial charge in [-0.25, -0.2) is 9.67 Å². The quantitative estimate of drug-likeness (QED) is 0.682. The minimum Gasteiger partial charge on any atom is -0.305 e. The lowest BCUT2D eigenvalue weighted by atomic mass is 10.1. The summed E-state index contributed by atoms with van der Waals surface area (Å²) in [4.78, 5) is 16.2. The van der Waals surface area contributed by atoms with Gasteiger partial charge in [0.15, 0.2) is 11.6 Å². The molecule has 0 aliphatic heterocycles. The van der Waals surface area contributed by atoms with Gasteiger partial charge in [-0.3, -0.25) is 4.79 Å². The van der Waals surface area contributed by atoms with Gasteiger partial charge in [-0.1, -0.05) is 23.7 Å². The third-order valence-electron chi connectivity index (χ3n) is 3.49. The Morgan fingerprint density at radius 2 is 1.93 bits per heavy atom. The van der Waals surface area contributed by atoms with E-state index >= 15 is 0 Å². The van der Waals surface area contributed by atoms with E-state index in [1.807, 2.05) is 6.07 Å². The molecule has 3 rings (SSSR count). The number of alkyl halides is 3. The van der Waals surface area contributed by atoms with Crippen molar-refractivity contribution in [2.45, 2.75) is 6.18 Å². The number of nitriles is 1. The lowest BCUT2D eigenvalue weighted by Gasteiger charge is -2.11. The highest BCUT2D eigenvalue weighted by Gasteiger charge is 2.34. The number of benzene rings is 1. The van der Waals surface area contributed by atoms with E-state index in [9.17, 15) is 18.0 Å². The predicted molar refractivity (Wildman–Crippen MR) is 90.5 cm³/mol. The number of halogens is 4. The lowest BCUT2D eigenvalue weighted by molar-refractivity contribution is -0.137. The number of nitrogens with zero attached hydrogens (tertiary/aromatic N) is 4. The van der Waals surface area contributed by atoms with Gasteiger partial charge in [-0.2, -0.15) is 18.4 Å². The summed E-state index contributed by atoms with van der Waals surface area (Å²) in [5.41, 5.74) is -1.40. The summed E-state index contributed by atoms with van der Waals surface area (Å²) < 4.78 is 40.3. The molecule has 2 aromatic heterocycles. The van der Waals surface area contributed by atoms with Crippen molar-refractivity contribution < 1.29 is 18.0 Å². The van der Waals surface area contributed by atoms with Gasteiger partial charge in [0.25, 0.3) is 5.91 Å². The summed E-state index contributed by atoms with van der Waals surface area (Å²) >= 11 is 5.82. The van der Waals surface area contributed by atoms with Crippen molar-refractivity contribution in [2.24, 2.45) is 0 Å². The number of pyridine rings is 1. The Balaban J connectivity index is 1.89. The molecule has 1 aromatic carbocycles. The van der Waals surface area contributed by atoms with Gasteiger partial charge in [-0.15, -0.1) is 5.10 Å². The zero-order valence-electron chi connectivity index (χ0n) is 13.3. The molecule has 0 aliphatic rings. The molecule has 0 spiro atoms. The molecule has 0 saturated heterocycles. The van der Waals surface area contributed by atoms with Crippen LogP contribution in [0.4, 0.5) is 19.0 Å². The van der Waals surface area contributed by atoms with E-state index < -0.39 is 23.2 Å². The van der Waals surface area contributed by atoms with Crippen LogP contribution in [0.25, 0.3) is 5.82 Å². The van der Waals surface area contributed by atoms with Crippen LogP contribution in [-0.4, -0.2) is 20.7 Å². The number of amides is 1. The summed E-state index contributed by atoms with van der Waals surface area (Å²) in [6.45, 7) is 0. The lowest BCUT2D eigenvalue weighted by Crippen LogP contribution is -2.19. The molecule has 0 radical (unpaired) electrons. The van der Waals surface area contributed by atoms with E-state index in [0.717, 1.165) is 12.1 Å². The van der Waals surface area contributed by atoms with E-state index in [2.05, 4.69) is 15.4 Å². The third kappa shape index (κ3) is 3.91. The van der Waals surface area contributed by atoms with Crippen LogP contribution in [0.2, 0.25) is 5.15 Å². The van der Waals surface area contributed by atoms with Crippen LogP contribution >= 0.6 is 11.6 Å². The number of carbonyl (C=O) groups is 1. The molecule has 0 bridgehead atoms. The monoisotopic (exact) mass is 391 g/mol. The first-order valence-electron chi connectivity index (χ1n) is 7.40. The molecule has 10 heteroatoms. The standard InChI is InChI=1S/C17H9ClF3N5O/c18-13-6-5-10(9-22)15(23-13)26-8-7-14(25-26)24-16(27)11-3-1-2-4-12(11)17(19,20)21/h1-8H,(H,24,25,27). The zero-order valence-corrected chi connectivity index (χ0v) is 14.1. The minimum atomic E-state index is -4.67. The summed E-state index contributed by atoms with van der Waals surface area (Å²) in [7, 11) is 0. The summed E-state index contributed by atoms with van der Waals surface area (Å²) in [6.07, 6.45) is -3.27. The molecule has 0 saturated carbocycles. The summed E-state index contributed by atoms with van der Waals surface area (Å²) in [5.74, 6) is -0.850. The van der Waals surface area contributed by atoms with Crippen LogP contribution in [0.3, 0.4) is 0 Å². The van der Waals surface area contributed by atoms with Gasteiger partial charge >= 0.3 is 6.18 Å². The number of carbonyl (C=O) groups excluding carboxylic acids is 1. The molecule has 0 aliphatic carbocycles. The Hall–Kier alpha value is -3.38. The second kappa shape index (κ2) is 7.09. The van der Waals surface area contributed by atoms with Crippen LogP contribution < -0.4 is 5.32 Å². The first-order chi connectivity index (χ1) is 12.8. The van der Waals surface area contributed by atoms with Gasteiger partial charge in [0, 0.05) is 12.3 Å². The van der Waals surface area contributed by atoms with E-state index in [1.165, 1.54) is 41.2 Å². The maximum atomic E-state index is 13.0. The average molecular weight is 392 g/mol. The smallest absolute Gasteiger partial charge is 0.305 e. The molecule has 1 N–H and O–H groups in total. The number of nitrogens with one attached hydrogen (secondary N) is 1. The average Bonchev–Trinajstić information content (AvgIpc) is 3.09. The third-order valence-corrected chi connectivity index (χ3v) is 3.70. The van der Waals surface area contributed by atoms with Crippen molar-refractivity contribution in [3.63, 3.8) is 0 Å². The normalized spacial score (nSPS) is 11.1. The fourth-order valence-electron chi connectivity index (χ4n) is 2.31. The second-order valence-electron chi connectivity index (χ2n) is 5.26. The van der Waals surface area contributed by atoms with Crippen molar-refractivity contribution in [1.29, 1.82) is 5.26 Å². The van der Waals surface area contributed by atoms with Crippen molar-refractivity contribution in [3.8, 4) is 11.9 Å². The molecular weight excluding hydrogens is 383 g/mol. The van der Waals surface area contributed by atoms with Crippen LogP contribution in [0.15, 0.2) is 48.7 Å². The highest BCUT2D eigenvalue weighted by atomic mass is 35.5. The fraction of sp³-hybridized carbons (Fsp3) is 0.0588. The van der Waals surface area contributed by atoms with Gasteiger partial charge in [0.05, 0.1) is 16.7 Å². The number of hydrogen-bond acceptors (Lipinski definition) is 4. The Labute approximate surface area is 155 Å². The number of hydrogen-bond donors (Lipinski definition) is 1. The Morgan fingerprint density at radius 1 is 1.19 bits per heavy atom. The van der Waals surface area contributed by atoms with Gasteiger partial charge in [0.1, 0.15) is 11.2 Å². The van der Waals surface area contributed by atoms with Gasteiger partial charge in [0.2, 0.25) is 0 Å². The summed E-state index contributed by atoms with van der Waals surface area (Å²) in [5, 5.41) is 15.6. The predicted octanol–water partition coefficient (Wildman–Crippen LogP) is 4.06. The molecule has 27 heavy (non-hydrogen) atoms. The zero-order chi connectivity index (χ0) is 19.6. The van der Waals surface area contributed by atoms with E-state index in [4.69, 9.17) is 16.9 Å². The Kier molecular flexibility index (Phi) is 4.83. The van der Waals surface area contributed by atoms with Crippen LogP contribution in [-0.2, 0) is 6.18 Å². The first kappa shape index (κ1) is 18.4. The molecule has 0 unspecified atom stereocenters.